The zero-order valence-corrected chi connectivity index (χ0v) is 14.5. The molecule has 0 radical (unpaired) electrons. The molecule has 0 saturated heterocycles. The Morgan fingerprint density at radius 1 is 1.30 bits per heavy atom. The minimum atomic E-state index is -1.08. The molecule has 23 heavy (non-hydrogen) atoms. The molecule has 1 atom stereocenters. The first-order valence-electron chi connectivity index (χ1n) is 7.55. The van der Waals surface area contributed by atoms with Gasteiger partial charge in [-0.05, 0) is 37.4 Å². The first-order valence-corrected chi connectivity index (χ1v) is 8.43. The van der Waals surface area contributed by atoms with Crippen molar-refractivity contribution in [3.05, 3.63) is 46.7 Å². The van der Waals surface area contributed by atoms with Crippen LogP contribution in [0.3, 0.4) is 0 Å². The predicted octanol–water partition coefficient (Wildman–Crippen LogP) is 3.23. The predicted molar refractivity (Wildman–Crippen MR) is 96.3 cm³/mol. The molecule has 0 unspecified atom stereocenters. The minimum Gasteiger partial charge on any atom is -0.383 e. The van der Waals surface area contributed by atoms with Gasteiger partial charge in [-0.2, -0.15) is 0 Å². The number of nitrogens with one attached hydrogen (secondary N) is 2. The zero-order valence-electron chi connectivity index (χ0n) is 13.7. The van der Waals surface area contributed by atoms with Gasteiger partial charge in [-0.15, -0.1) is 11.3 Å². The van der Waals surface area contributed by atoms with Gasteiger partial charge < -0.3 is 20.6 Å². The van der Waals surface area contributed by atoms with E-state index in [9.17, 15) is 9.90 Å². The van der Waals surface area contributed by atoms with E-state index in [-0.39, 0.29) is 12.6 Å². The summed E-state index contributed by atoms with van der Waals surface area (Å²) >= 11 is 1.47. The standard InChI is InChI=1S/C17H23N3O2S/c1-4-20(3)14-9-6-5-8-13(14)19-16(21)18-12-17(2,22)15-10-7-11-23-15/h5-11,22H,4,12H2,1-3H3,(H2,18,19,21)/t17-/m1/s1. The van der Waals surface area contributed by atoms with Gasteiger partial charge in [-0.25, -0.2) is 4.79 Å². The highest BCUT2D eigenvalue weighted by Gasteiger charge is 2.25. The number of thiophene rings is 1. The van der Waals surface area contributed by atoms with Crippen LogP contribution in [0.25, 0.3) is 0 Å². The summed E-state index contributed by atoms with van der Waals surface area (Å²) in [5.41, 5.74) is 0.617. The van der Waals surface area contributed by atoms with E-state index in [4.69, 9.17) is 0 Å². The Morgan fingerprint density at radius 3 is 2.70 bits per heavy atom. The van der Waals surface area contributed by atoms with Crippen molar-refractivity contribution in [1.82, 2.24) is 5.32 Å². The average molecular weight is 333 g/mol. The summed E-state index contributed by atoms with van der Waals surface area (Å²) in [6.45, 7) is 4.73. The first kappa shape index (κ1) is 17.3. The van der Waals surface area contributed by atoms with Gasteiger partial charge in [0.15, 0.2) is 0 Å². The molecule has 1 heterocycles. The number of hydrogen-bond donors (Lipinski definition) is 3. The van der Waals surface area contributed by atoms with E-state index in [1.54, 1.807) is 6.92 Å². The first-order chi connectivity index (χ1) is 10.9. The van der Waals surface area contributed by atoms with E-state index in [0.717, 1.165) is 22.8 Å². The number of hydrogen-bond acceptors (Lipinski definition) is 4. The molecule has 124 valence electrons. The van der Waals surface area contributed by atoms with Gasteiger partial charge in [0.05, 0.1) is 17.9 Å². The summed E-state index contributed by atoms with van der Waals surface area (Å²) in [6, 6.07) is 11.0. The number of aliphatic hydroxyl groups is 1. The van der Waals surface area contributed by atoms with Crippen molar-refractivity contribution in [3.63, 3.8) is 0 Å². The molecule has 1 aromatic carbocycles. The van der Waals surface area contributed by atoms with E-state index < -0.39 is 5.60 Å². The molecular weight excluding hydrogens is 310 g/mol. The lowest BCUT2D eigenvalue weighted by Gasteiger charge is -2.24. The quantitative estimate of drug-likeness (QED) is 0.760. The molecule has 2 rings (SSSR count). The number of amides is 2. The molecule has 0 bridgehead atoms. The van der Waals surface area contributed by atoms with Crippen LogP contribution in [0.15, 0.2) is 41.8 Å². The Labute approximate surface area is 140 Å². The van der Waals surface area contributed by atoms with Crippen molar-refractivity contribution in [1.29, 1.82) is 0 Å². The maximum absolute atomic E-state index is 12.1. The fraction of sp³-hybridized carbons (Fsp3) is 0.353. The number of nitrogens with zero attached hydrogens (tertiary/aromatic N) is 1. The molecule has 0 aliphatic heterocycles. The number of carbonyl (C=O) groups is 1. The normalized spacial score (nSPS) is 13.2. The second kappa shape index (κ2) is 7.48. The smallest absolute Gasteiger partial charge is 0.319 e. The molecule has 0 aliphatic rings. The van der Waals surface area contributed by atoms with Gasteiger partial charge in [0.2, 0.25) is 0 Å². The lowest BCUT2D eigenvalue weighted by atomic mass is 10.1. The summed E-state index contributed by atoms with van der Waals surface area (Å²) in [7, 11) is 1.97. The van der Waals surface area contributed by atoms with Gasteiger partial charge in [0.1, 0.15) is 5.60 Å². The van der Waals surface area contributed by atoms with E-state index in [1.807, 2.05) is 48.8 Å². The highest BCUT2D eigenvalue weighted by Crippen LogP contribution is 2.25. The fourth-order valence-corrected chi connectivity index (χ4v) is 2.96. The Balaban J connectivity index is 1.98. The SMILES string of the molecule is CCN(C)c1ccccc1NC(=O)NC[C@@](C)(O)c1cccs1. The number of urea groups is 1. The van der Waals surface area contributed by atoms with Crippen LogP contribution in [0.2, 0.25) is 0 Å². The van der Waals surface area contributed by atoms with Crippen LogP contribution in [0.4, 0.5) is 16.2 Å². The van der Waals surface area contributed by atoms with Gasteiger partial charge in [-0.3, -0.25) is 0 Å². The Hall–Kier alpha value is -2.05. The third-order valence-corrected chi connectivity index (χ3v) is 4.81. The van der Waals surface area contributed by atoms with Crippen LogP contribution in [0.5, 0.6) is 0 Å². The van der Waals surface area contributed by atoms with Crippen LogP contribution in [0, 0.1) is 0 Å². The molecule has 5 nitrogen and oxygen atoms in total. The second-order valence-corrected chi connectivity index (χ2v) is 6.54. The maximum Gasteiger partial charge on any atom is 0.319 e. The van der Waals surface area contributed by atoms with Crippen LogP contribution in [0.1, 0.15) is 18.7 Å². The van der Waals surface area contributed by atoms with Gasteiger partial charge >= 0.3 is 6.03 Å². The number of benzene rings is 1. The largest absolute Gasteiger partial charge is 0.383 e. The average Bonchev–Trinajstić information content (AvgIpc) is 3.08. The van der Waals surface area contributed by atoms with E-state index in [2.05, 4.69) is 22.5 Å². The van der Waals surface area contributed by atoms with Gasteiger partial charge in [0.25, 0.3) is 0 Å². The molecule has 3 N–H and O–H groups in total. The van der Waals surface area contributed by atoms with E-state index in [1.165, 1.54) is 11.3 Å². The molecule has 2 aromatic rings. The third-order valence-electron chi connectivity index (χ3n) is 3.68. The summed E-state index contributed by atoms with van der Waals surface area (Å²) in [6.07, 6.45) is 0. The Bertz CT molecular complexity index is 641. The topological polar surface area (TPSA) is 64.6 Å². The lowest BCUT2D eigenvalue weighted by Crippen LogP contribution is -2.40. The third kappa shape index (κ3) is 4.46. The Kier molecular flexibility index (Phi) is 5.63. The maximum atomic E-state index is 12.1. The van der Waals surface area contributed by atoms with Crippen LogP contribution < -0.4 is 15.5 Å². The van der Waals surface area contributed by atoms with E-state index >= 15 is 0 Å². The van der Waals surface area contributed by atoms with Crippen molar-refractivity contribution < 1.29 is 9.90 Å². The van der Waals surface area contributed by atoms with Gasteiger partial charge in [0, 0.05) is 18.5 Å². The molecule has 1 aromatic heterocycles. The molecule has 0 saturated carbocycles. The van der Waals surface area contributed by atoms with Crippen molar-refractivity contribution in [2.45, 2.75) is 19.4 Å². The number of para-hydroxylation sites is 2. The minimum absolute atomic E-state index is 0.144. The summed E-state index contributed by atoms with van der Waals surface area (Å²) in [4.78, 5) is 15.0. The molecule has 6 heteroatoms. The lowest BCUT2D eigenvalue weighted by molar-refractivity contribution is 0.0637. The van der Waals surface area contributed by atoms with Crippen LogP contribution in [-0.2, 0) is 5.60 Å². The number of anilines is 2. The second-order valence-electron chi connectivity index (χ2n) is 5.59. The summed E-state index contributed by atoms with van der Waals surface area (Å²) in [5, 5.41) is 17.9. The van der Waals surface area contributed by atoms with Crippen LogP contribution in [-0.4, -0.2) is 31.3 Å². The van der Waals surface area contributed by atoms with Crippen molar-refractivity contribution in [3.8, 4) is 0 Å². The van der Waals surface area contributed by atoms with Crippen molar-refractivity contribution in [2.75, 3.05) is 30.4 Å². The fourth-order valence-electron chi connectivity index (χ4n) is 2.17. The summed E-state index contributed by atoms with van der Waals surface area (Å²) < 4.78 is 0. The van der Waals surface area contributed by atoms with E-state index in [0.29, 0.717) is 0 Å². The molecule has 0 spiro atoms. The Morgan fingerprint density at radius 2 is 2.04 bits per heavy atom. The van der Waals surface area contributed by atoms with Gasteiger partial charge in [-0.1, -0.05) is 18.2 Å². The van der Waals surface area contributed by atoms with Crippen molar-refractivity contribution in [2.24, 2.45) is 0 Å². The van der Waals surface area contributed by atoms with Crippen LogP contribution >= 0.6 is 11.3 Å². The molecule has 2 amide bonds. The summed E-state index contributed by atoms with van der Waals surface area (Å²) in [5.74, 6) is 0. The number of rotatable bonds is 6. The van der Waals surface area contributed by atoms with Crippen molar-refractivity contribution >= 4 is 28.7 Å². The monoisotopic (exact) mass is 333 g/mol. The molecule has 0 aliphatic carbocycles. The molecule has 0 fully saturated rings. The zero-order chi connectivity index (χ0) is 16.9. The highest BCUT2D eigenvalue weighted by atomic mass is 32.1. The molecular formula is C17H23N3O2S. The number of carbonyl (C=O) groups excluding carboxylic acids is 1. The highest BCUT2D eigenvalue weighted by molar-refractivity contribution is 7.10.